The minimum absolute atomic E-state index is 0.0141. The van der Waals surface area contributed by atoms with Gasteiger partial charge in [0.15, 0.2) is 0 Å². The summed E-state index contributed by atoms with van der Waals surface area (Å²) in [7, 11) is 0. The monoisotopic (exact) mass is 502 g/mol. The number of carbonyl (C=O) groups is 1. The zero-order chi connectivity index (χ0) is 25.6. The van der Waals surface area contributed by atoms with Crippen LogP contribution in [0.15, 0.2) is 18.2 Å². The van der Waals surface area contributed by atoms with Crippen molar-refractivity contribution in [2.45, 2.75) is 78.9 Å². The van der Waals surface area contributed by atoms with Gasteiger partial charge in [-0.05, 0) is 62.8 Å². The van der Waals surface area contributed by atoms with Crippen LogP contribution in [0, 0.1) is 0 Å². The molecule has 3 rings (SSSR count). The molecule has 2 aromatic rings. The molecule has 0 aliphatic carbocycles. The van der Waals surface area contributed by atoms with E-state index in [1.807, 2.05) is 20.8 Å². The summed E-state index contributed by atoms with van der Waals surface area (Å²) >= 11 is 5.95. The van der Waals surface area contributed by atoms with Gasteiger partial charge in [-0.1, -0.05) is 26.8 Å². The van der Waals surface area contributed by atoms with Crippen LogP contribution >= 0.6 is 11.6 Å². The van der Waals surface area contributed by atoms with Crippen LogP contribution in [0.2, 0.25) is 5.28 Å². The molecule has 0 saturated carbocycles. The molecule has 2 aromatic heterocycles. The fourth-order valence-electron chi connectivity index (χ4n) is 3.12. The molecule has 1 saturated heterocycles. The maximum atomic E-state index is 12.8. The lowest BCUT2D eigenvalue weighted by Crippen LogP contribution is -2.13. The molecule has 1 aliphatic heterocycles. The number of aryl methyl sites for hydroxylation is 1. The van der Waals surface area contributed by atoms with Crippen molar-refractivity contribution in [1.29, 1.82) is 0 Å². The number of ketones is 1. The highest BCUT2D eigenvalue weighted by atomic mass is 35.5. The molecule has 0 atom stereocenters. The van der Waals surface area contributed by atoms with E-state index in [1.54, 1.807) is 0 Å². The van der Waals surface area contributed by atoms with Crippen LogP contribution in [-0.2, 0) is 35.1 Å². The van der Waals surface area contributed by atoms with Crippen LogP contribution in [0.5, 0.6) is 0 Å². The van der Waals surface area contributed by atoms with Crippen molar-refractivity contribution in [3.63, 3.8) is 0 Å². The van der Waals surface area contributed by atoms with Crippen LogP contribution in [0.1, 0.15) is 76.0 Å². The Morgan fingerprint density at radius 2 is 1.79 bits per heavy atom. The van der Waals surface area contributed by atoms with Gasteiger partial charge >= 0.3 is 6.18 Å². The molecule has 0 aromatic carbocycles. The van der Waals surface area contributed by atoms with Crippen molar-refractivity contribution in [2.24, 2.45) is 0 Å². The van der Waals surface area contributed by atoms with Crippen LogP contribution in [-0.4, -0.2) is 33.9 Å². The molecule has 1 fully saturated rings. The van der Waals surface area contributed by atoms with E-state index in [0.717, 1.165) is 24.8 Å². The van der Waals surface area contributed by atoms with E-state index in [0.29, 0.717) is 30.8 Å². The summed E-state index contributed by atoms with van der Waals surface area (Å²) < 4.78 is 43.3. The van der Waals surface area contributed by atoms with Gasteiger partial charge in [-0.3, -0.25) is 0 Å². The summed E-state index contributed by atoms with van der Waals surface area (Å²) in [5.74, 6) is 0.467. The smallest absolute Gasteiger partial charge is 0.381 e. The summed E-state index contributed by atoms with van der Waals surface area (Å²) in [5.41, 5.74) is 0.710. The zero-order valence-corrected chi connectivity index (χ0v) is 21.0. The third-order valence-electron chi connectivity index (χ3n) is 4.74. The standard InChI is InChI=1S/C17H18ClF3N4O.C5H10O.C2H6/c1-3-12-13(8-7-10(2)26)24-16(18)25-15(12)22-9-11-5-4-6-14(23-11)17(19,20)21;1-2-4-6-5-3-1;1-2/h4-6H,3,7-9H2,1-2H3,(H,22,24,25);1-5H2;1-2H3. The molecule has 34 heavy (non-hydrogen) atoms. The van der Waals surface area contributed by atoms with Gasteiger partial charge in [-0.25, -0.2) is 15.0 Å². The predicted molar refractivity (Wildman–Crippen MR) is 128 cm³/mol. The molecule has 6 nitrogen and oxygen atoms in total. The number of nitrogens with one attached hydrogen (secondary N) is 1. The summed E-state index contributed by atoms with van der Waals surface area (Å²) in [5, 5.41) is 2.99. The van der Waals surface area contributed by atoms with E-state index in [1.165, 1.54) is 38.3 Å². The first-order valence-corrected chi connectivity index (χ1v) is 12.0. The highest BCUT2D eigenvalue weighted by Crippen LogP contribution is 2.27. The summed E-state index contributed by atoms with van der Waals surface area (Å²) in [6.45, 7) is 9.45. The molecule has 0 amide bonds. The molecule has 0 spiro atoms. The van der Waals surface area contributed by atoms with Gasteiger partial charge in [0.05, 0.1) is 17.9 Å². The SMILES string of the molecule is C1CCOCC1.CC.CCc1c(CCC(C)=O)nc(Cl)nc1NCc1cccc(C(F)(F)F)n1. The number of hydrogen-bond acceptors (Lipinski definition) is 6. The predicted octanol–water partition coefficient (Wildman–Crippen LogP) is 6.45. The second-order valence-electron chi connectivity index (χ2n) is 7.36. The maximum Gasteiger partial charge on any atom is 0.433 e. The number of alkyl halides is 3. The van der Waals surface area contributed by atoms with Crippen LogP contribution in [0.25, 0.3) is 0 Å². The zero-order valence-electron chi connectivity index (χ0n) is 20.3. The second kappa shape index (κ2) is 15.6. The van der Waals surface area contributed by atoms with Crippen LogP contribution in [0.4, 0.5) is 19.0 Å². The van der Waals surface area contributed by atoms with E-state index in [-0.39, 0.29) is 23.3 Å². The lowest BCUT2D eigenvalue weighted by atomic mass is 10.1. The Morgan fingerprint density at radius 3 is 2.29 bits per heavy atom. The Bertz CT molecular complexity index is 879. The minimum atomic E-state index is -4.50. The molecule has 10 heteroatoms. The molecule has 0 radical (unpaired) electrons. The highest BCUT2D eigenvalue weighted by molar-refractivity contribution is 6.28. The summed E-state index contributed by atoms with van der Waals surface area (Å²) in [6.07, 6.45) is 0.775. The number of halogens is 4. The van der Waals surface area contributed by atoms with Gasteiger partial charge < -0.3 is 14.8 Å². The molecule has 1 N–H and O–H groups in total. The first-order valence-electron chi connectivity index (χ1n) is 11.6. The number of Topliss-reactive ketones (excluding diaryl/α,β-unsaturated/α-hetero) is 1. The minimum Gasteiger partial charge on any atom is -0.381 e. The quantitative estimate of drug-likeness (QED) is 0.438. The van der Waals surface area contributed by atoms with Gasteiger partial charge in [-0.2, -0.15) is 13.2 Å². The van der Waals surface area contributed by atoms with Gasteiger partial charge in [-0.15, -0.1) is 0 Å². The van der Waals surface area contributed by atoms with Crippen molar-refractivity contribution < 1.29 is 22.7 Å². The van der Waals surface area contributed by atoms with Crippen molar-refractivity contribution >= 4 is 23.2 Å². The Balaban J connectivity index is 0.000000615. The number of ether oxygens (including phenoxy) is 1. The van der Waals surface area contributed by atoms with Gasteiger partial charge in [0.2, 0.25) is 5.28 Å². The molecular formula is C24H34ClF3N4O2. The molecule has 190 valence electrons. The molecule has 1 aliphatic rings. The van der Waals surface area contributed by atoms with E-state index >= 15 is 0 Å². The average Bonchev–Trinajstić information content (AvgIpc) is 2.83. The summed E-state index contributed by atoms with van der Waals surface area (Å²) in [6, 6.07) is 3.72. The van der Waals surface area contributed by atoms with E-state index in [9.17, 15) is 18.0 Å². The molecular weight excluding hydrogens is 469 g/mol. The maximum absolute atomic E-state index is 12.8. The fourth-order valence-corrected chi connectivity index (χ4v) is 3.30. The van der Waals surface area contributed by atoms with E-state index in [4.69, 9.17) is 16.3 Å². The summed E-state index contributed by atoms with van der Waals surface area (Å²) in [4.78, 5) is 23.1. The first kappa shape index (κ1) is 29.8. The van der Waals surface area contributed by atoms with Crippen LogP contribution < -0.4 is 5.32 Å². The third-order valence-corrected chi connectivity index (χ3v) is 4.91. The van der Waals surface area contributed by atoms with Crippen molar-refractivity contribution in [2.75, 3.05) is 18.5 Å². The lowest BCUT2D eigenvalue weighted by molar-refractivity contribution is -0.141. The Hall–Kier alpha value is -2.26. The van der Waals surface area contributed by atoms with Crippen molar-refractivity contribution in [1.82, 2.24) is 15.0 Å². The van der Waals surface area contributed by atoms with Crippen molar-refractivity contribution in [3.05, 3.63) is 46.1 Å². The normalized spacial score (nSPS) is 13.2. The van der Waals surface area contributed by atoms with Crippen molar-refractivity contribution in [3.8, 4) is 0 Å². The van der Waals surface area contributed by atoms with Gasteiger partial charge in [0.1, 0.15) is 17.3 Å². The molecule has 0 unspecified atom stereocenters. The molecule has 3 heterocycles. The Labute approximate surface area is 204 Å². The number of anilines is 1. The number of hydrogen-bond donors (Lipinski definition) is 1. The average molecular weight is 503 g/mol. The fraction of sp³-hybridized carbons (Fsp3) is 0.583. The molecule has 0 bridgehead atoms. The third kappa shape index (κ3) is 10.8. The lowest BCUT2D eigenvalue weighted by Gasteiger charge is -2.14. The topological polar surface area (TPSA) is 77.0 Å². The Kier molecular flexibility index (Phi) is 13.7. The van der Waals surface area contributed by atoms with Gasteiger partial charge in [0, 0.05) is 25.2 Å². The van der Waals surface area contributed by atoms with Gasteiger partial charge in [0.25, 0.3) is 0 Å². The first-order chi connectivity index (χ1) is 16.2. The number of rotatable bonds is 7. The number of nitrogens with zero attached hydrogens (tertiary/aromatic N) is 3. The number of carbonyl (C=O) groups excluding carboxylic acids is 1. The Morgan fingerprint density at radius 1 is 1.12 bits per heavy atom. The second-order valence-corrected chi connectivity index (χ2v) is 7.70. The highest BCUT2D eigenvalue weighted by Gasteiger charge is 2.32. The number of pyridine rings is 1. The number of aromatic nitrogens is 3. The van der Waals surface area contributed by atoms with E-state index < -0.39 is 11.9 Å². The largest absolute Gasteiger partial charge is 0.433 e. The van der Waals surface area contributed by atoms with Crippen LogP contribution in [0.3, 0.4) is 0 Å². The van der Waals surface area contributed by atoms with E-state index in [2.05, 4.69) is 20.3 Å².